The van der Waals surface area contributed by atoms with Gasteiger partial charge in [0.25, 0.3) is 0 Å². The molecule has 0 fully saturated rings. The first-order chi connectivity index (χ1) is 8.91. The fourth-order valence-electron chi connectivity index (χ4n) is 3.28. The maximum absolute atomic E-state index is 5.97. The van der Waals surface area contributed by atoms with Crippen molar-refractivity contribution in [3.8, 4) is 11.3 Å². The van der Waals surface area contributed by atoms with Gasteiger partial charge in [-0.1, -0.05) is 31.5 Å². The van der Waals surface area contributed by atoms with Crippen molar-refractivity contribution in [1.82, 2.24) is 4.57 Å². The zero-order chi connectivity index (χ0) is 13.8. The molecule has 3 rings (SSSR count). The SMILES string of the molecule is Cc1ccc2c(c1)-c1c(ccn1C[C@H](C)N)C2(C)C. The number of nitrogens with zero attached hydrogens (tertiary/aromatic N) is 1. The number of rotatable bonds is 2. The molecule has 2 aromatic rings. The summed E-state index contributed by atoms with van der Waals surface area (Å²) in [4.78, 5) is 0. The predicted molar refractivity (Wildman–Crippen MR) is 80.4 cm³/mol. The van der Waals surface area contributed by atoms with Gasteiger partial charge in [-0.25, -0.2) is 0 Å². The molecule has 1 atom stereocenters. The summed E-state index contributed by atoms with van der Waals surface area (Å²) in [6, 6.07) is 9.23. The highest BCUT2D eigenvalue weighted by molar-refractivity contribution is 5.79. The van der Waals surface area contributed by atoms with Gasteiger partial charge < -0.3 is 10.3 Å². The van der Waals surface area contributed by atoms with Crippen LogP contribution in [0.1, 0.15) is 37.5 Å². The Morgan fingerprint density at radius 3 is 2.63 bits per heavy atom. The summed E-state index contributed by atoms with van der Waals surface area (Å²) >= 11 is 0. The van der Waals surface area contributed by atoms with Crippen molar-refractivity contribution in [3.63, 3.8) is 0 Å². The molecule has 1 heterocycles. The van der Waals surface area contributed by atoms with Gasteiger partial charge in [0.05, 0.1) is 5.69 Å². The van der Waals surface area contributed by atoms with E-state index in [1.54, 1.807) is 0 Å². The van der Waals surface area contributed by atoms with Crippen LogP contribution in [0.15, 0.2) is 30.5 Å². The molecule has 2 heteroatoms. The number of aromatic nitrogens is 1. The lowest BCUT2D eigenvalue weighted by Crippen LogP contribution is -2.22. The molecule has 1 aliphatic carbocycles. The summed E-state index contributed by atoms with van der Waals surface area (Å²) in [6.45, 7) is 9.71. The van der Waals surface area contributed by atoms with E-state index in [0.29, 0.717) is 0 Å². The zero-order valence-corrected chi connectivity index (χ0v) is 12.2. The van der Waals surface area contributed by atoms with Gasteiger partial charge >= 0.3 is 0 Å². The lowest BCUT2D eigenvalue weighted by molar-refractivity contribution is 0.595. The van der Waals surface area contributed by atoms with Gasteiger partial charge in [-0.05, 0) is 37.1 Å². The third-order valence-corrected chi connectivity index (χ3v) is 4.23. The molecule has 0 radical (unpaired) electrons. The Hall–Kier alpha value is -1.54. The molecular weight excluding hydrogens is 232 g/mol. The molecule has 0 amide bonds. The highest BCUT2D eigenvalue weighted by atomic mass is 15.0. The Kier molecular flexibility index (Phi) is 2.61. The van der Waals surface area contributed by atoms with Crippen LogP contribution in [0.4, 0.5) is 0 Å². The average molecular weight is 254 g/mol. The summed E-state index contributed by atoms with van der Waals surface area (Å²) < 4.78 is 2.31. The minimum atomic E-state index is 0.0987. The van der Waals surface area contributed by atoms with Crippen molar-refractivity contribution in [2.75, 3.05) is 0 Å². The molecule has 0 bridgehead atoms. The van der Waals surface area contributed by atoms with Gasteiger partial charge in [0, 0.05) is 29.8 Å². The molecule has 0 unspecified atom stereocenters. The first kappa shape index (κ1) is 12.5. The second-order valence-electron chi connectivity index (χ2n) is 6.38. The van der Waals surface area contributed by atoms with Crippen LogP contribution in [0, 0.1) is 6.92 Å². The van der Waals surface area contributed by atoms with Crippen LogP contribution in [0.25, 0.3) is 11.3 Å². The van der Waals surface area contributed by atoms with Gasteiger partial charge in [0.15, 0.2) is 0 Å². The second kappa shape index (κ2) is 3.97. The van der Waals surface area contributed by atoms with Crippen molar-refractivity contribution < 1.29 is 0 Å². The number of hydrogen-bond acceptors (Lipinski definition) is 1. The van der Waals surface area contributed by atoms with Crippen LogP contribution in [-0.4, -0.2) is 10.6 Å². The first-order valence-corrected chi connectivity index (χ1v) is 6.98. The monoisotopic (exact) mass is 254 g/mol. The quantitative estimate of drug-likeness (QED) is 0.874. The van der Waals surface area contributed by atoms with Crippen LogP contribution >= 0.6 is 0 Å². The van der Waals surface area contributed by atoms with Crippen LogP contribution in [-0.2, 0) is 12.0 Å². The number of fused-ring (bicyclic) bond motifs is 3. The Balaban J connectivity index is 2.24. The molecule has 0 spiro atoms. The van der Waals surface area contributed by atoms with E-state index >= 15 is 0 Å². The van der Waals surface area contributed by atoms with Gasteiger partial charge in [-0.15, -0.1) is 0 Å². The van der Waals surface area contributed by atoms with E-state index in [2.05, 4.69) is 62.7 Å². The maximum atomic E-state index is 5.97. The largest absolute Gasteiger partial charge is 0.346 e. The highest BCUT2D eigenvalue weighted by Crippen LogP contribution is 2.49. The van der Waals surface area contributed by atoms with E-state index in [0.717, 1.165) is 6.54 Å². The van der Waals surface area contributed by atoms with E-state index < -0.39 is 0 Å². The number of nitrogens with two attached hydrogens (primary N) is 1. The molecule has 1 aromatic heterocycles. The highest BCUT2D eigenvalue weighted by Gasteiger charge is 2.37. The molecule has 0 aliphatic heterocycles. The first-order valence-electron chi connectivity index (χ1n) is 6.98. The molecule has 1 aromatic carbocycles. The topological polar surface area (TPSA) is 30.9 Å². The van der Waals surface area contributed by atoms with Crippen molar-refractivity contribution in [2.45, 2.75) is 45.7 Å². The summed E-state index contributed by atoms with van der Waals surface area (Å²) in [5, 5.41) is 0. The minimum absolute atomic E-state index is 0.0987. The Bertz CT molecular complexity index is 633. The minimum Gasteiger partial charge on any atom is -0.346 e. The average Bonchev–Trinajstić information content (AvgIpc) is 2.79. The predicted octanol–water partition coefficient (Wildman–Crippen LogP) is 3.45. The van der Waals surface area contributed by atoms with Crippen molar-refractivity contribution in [3.05, 3.63) is 47.2 Å². The second-order valence-corrected chi connectivity index (χ2v) is 6.38. The molecule has 2 nitrogen and oxygen atoms in total. The third-order valence-electron chi connectivity index (χ3n) is 4.23. The van der Waals surface area contributed by atoms with Crippen LogP contribution in [0.3, 0.4) is 0 Å². The summed E-state index contributed by atoms with van der Waals surface area (Å²) in [5.74, 6) is 0. The lowest BCUT2D eigenvalue weighted by atomic mass is 9.83. The van der Waals surface area contributed by atoms with E-state index in [-0.39, 0.29) is 11.5 Å². The smallest absolute Gasteiger partial charge is 0.0525 e. The molecule has 1 aliphatic rings. The number of benzene rings is 1. The van der Waals surface area contributed by atoms with Crippen molar-refractivity contribution >= 4 is 0 Å². The van der Waals surface area contributed by atoms with Crippen LogP contribution < -0.4 is 5.73 Å². The third kappa shape index (κ3) is 1.74. The number of hydrogen-bond donors (Lipinski definition) is 1. The Labute approximate surface area is 115 Å². The number of aryl methyl sites for hydroxylation is 1. The van der Waals surface area contributed by atoms with Gasteiger partial charge in [0.2, 0.25) is 0 Å². The van der Waals surface area contributed by atoms with E-state index in [4.69, 9.17) is 5.73 Å². The molecular formula is C17H22N2. The molecule has 0 saturated heterocycles. The van der Waals surface area contributed by atoms with Crippen molar-refractivity contribution in [1.29, 1.82) is 0 Å². The molecule has 100 valence electrons. The van der Waals surface area contributed by atoms with Gasteiger partial charge in [-0.2, -0.15) is 0 Å². The Morgan fingerprint density at radius 1 is 1.21 bits per heavy atom. The van der Waals surface area contributed by atoms with Crippen LogP contribution in [0.2, 0.25) is 0 Å². The summed E-state index contributed by atoms with van der Waals surface area (Å²) in [5.41, 5.74) is 13.0. The Morgan fingerprint density at radius 2 is 1.95 bits per heavy atom. The van der Waals surface area contributed by atoms with Gasteiger partial charge in [-0.3, -0.25) is 0 Å². The normalized spacial score (nSPS) is 17.1. The van der Waals surface area contributed by atoms with E-state index in [1.807, 2.05) is 0 Å². The van der Waals surface area contributed by atoms with Crippen molar-refractivity contribution in [2.24, 2.45) is 5.73 Å². The maximum Gasteiger partial charge on any atom is 0.0525 e. The fraction of sp³-hybridized carbons (Fsp3) is 0.412. The van der Waals surface area contributed by atoms with E-state index in [9.17, 15) is 0 Å². The molecule has 2 N–H and O–H groups in total. The summed E-state index contributed by atoms with van der Waals surface area (Å²) in [6.07, 6.45) is 2.18. The van der Waals surface area contributed by atoms with Crippen LogP contribution in [0.5, 0.6) is 0 Å². The fourth-order valence-corrected chi connectivity index (χ4v) is 3.28. The molecule has 0 saturated carbocycles. The lowest BCUT2D eigenvalue weighted by Gasteiger charge is -2.20. The zero-order valence-electron chi connectivity index (χ0n) is 12.2. The van der Waals surface area contributed by atoms with E-state index in [1.165, 1.54) is 27.9 Å². The van der Waals surface area contributed by atoms with Gasteiger partial charge in [0.1, 0.15) is 0 Å². The summed E-state index contributed by atoms with van der Waals surface area (Å²) in [7, 11) is 0. The standard InChI is InChI=1S/C17H22N2/c1-11-5-6-14-13(9-11)16-15(17(14,3)4)7-8-19(16)10-12(2)18/h5-9,12H,10,18H2,1-4H3/t12-/m0/s1. The molecule has 19 heavy (non-hydrogen) atoms.